The van der Waals surface area contributed by atoms with E-state index < -0.39 is 4.92 Å². The van der Waals surface area contributed by atoms with Crippen molar-refractivity contribution in [3.8, 4) is 0 Å². The normalized spacial score (nSPS) is 10.1. The van der Waals surface area contributed by atoms with Crippen LogP contribution in [0.15, 0.2) is 41.0 Å². The molecule has 0 aliphatic carbocycles. The Morgan fingerprint density at radius 2 is 2.05 bits per heavy atom. The van der Waals surface area contributed by atoms with Crippen LogP contribution in [0.1, 0.15) is 16.1 Å². The SMILES string of the molecule is Cc1occc1C(=O)NCCNc1ccccc1[N+](=O)[O-]. The number of aryl methyl sites for hydroxylation is 1. The molecular weight excluding hydrogens is 274 g/mol. The Labute approximate surface area is 121 Å². The maximum atomic E-state index is 11.8. The molecule has 0 saturated heterocycles. The molecule has 7 nitrogen and oxygen atoms in total. The van der Waals surface area contributed by atoms with Gasteiger partial charge in [0.1, 0.15) is 11.4 Å². The third-order valence-electron chi connectivity index (χ3n) is 2.93. The quantitative estimate of drug-likeness (QED) is 0.483. The van der Waals surface area contributed by atoms with Gasteiger partial charge in [0, 0.05) is 19.2 Å². The number of nitrogens with one attached hydrogen (secondary N) is 2. The number of nitro benzene ring substituents is 1. The first kappa shape index (κ1) is 14.6. The Bertz CT molecular complexity index is 651. The summed E-state index contributed by atoms with van der Waals surface area (Å²) in [5.41, 5.74) is 0.923. The second-order valence-corrected chi connectivity index (χ2v) is 4.35. The topological polar surface area (TPSA) is 97.4 Å². The summed E-state index contributed by atoms with van der Waals surface area (Å²) in [7, 11) is 0. The van der Waals surface area contributed by atoms with Crippen LogP contribution < -0.4 is 10.6 Å². The molecule has 2 N–H and O–H groups in total. The average Bonchev–Trinajstić information content (AvgIpc) is 2.90. The van der Waals surface area contributed by atoms with Gasteiger partial charge in [-0.25, -0.2) is 0 Å². The van der Waals surface area contributed by atoms with E-state index in [-0.39, 0.29) is 11.6 Å². The summed E-state index contributed by atoms with van der Waals surface area (Å²) >= 11 is 0. The summed E-state index contributed by atoms with van der Waals surface area (Å²) in [5.74, 6) is 0.324. The van der Waals surface area contributed by atoms with Crippen molar-refractivity contribution in [1.82, 2.24) is 5.32 Å². The number of nitro groups is 1. The molecular formula is C14H15N3O4. The Kier molecular flexibility index (Phi) is 4.55. The van der Waals surface area contributed by atoms with Gasteiger partial charge in [-0.1, -0.05) is 12.1 Å². The first-order chi connectivity index (χ1) is 10.1. The van der Waals surface area contributed by atoms with Gasteiger partial charge in [-0.3, -0.25) is 14.9 Å². The predicted molar refractivity (Wildman–Crippen MR) is 77.4 cm³/mol. The minimum atomic E-state index is -0.449. The van der Waals surface area contributed by atoms with Gasteiger partial charge in [-0.2, -0.15) is 0 Å². The molecule has 2 aromatic rings. The number of anilines is 1. The molecule has 0 atom stereocenters. The molecule has 0 unspecified atom stereocenters. The minimum absolute atomic E-state index is 0.00880. The zero-order valence-electron chi connectivity index (χ0n) is 11.5. The van der Waals surface area contributed by atoms with E-state index in [1.165, 1.54) is 12.3 Å². The molecule has 0 aliphatic heterocycles. The second-order valence-electron chi connectivity index (χ2n) is 4.35. The van der Waals surface area contributed by atoms with Crippen LogP contribution in [-0.4, -0.2) is 23.9 Å². The lowest BCUT2D eigenvalue weighted by atomic mass is 10.2. The summed E-state index contributed by atoms with van der Waals surface area (Å²) in [6, 6.07) is 7.96. The van der Waals surface area contributed by atoms with Crippen molar-refractivity contribution < 1.29 is 14.1 Å². The number of rotatable bonds is 6. The smallest absolute Gasteiger partial charge is 0.292 e. The predicted octanol–water partition coefficient (Wildman–Crippen LogP) is 2.34. The standard InChI is InChI=1S/C14H15N3O4/c1-10-11(6-9-21-10)14(18)16-8-7-15-12-4-2-3-5-13(12)17(19)20/h2-6,9,15H,7-8H2,1H3,(H,16,18). The number of carbonyl (C=O) groups is 1. The Balaban J connectivity index is 1.84. The van der Waals surface area contributed by atoms with E-state index in [4.69, 9.17) is 4.42 Å². The molecule has 0 aliphatic rings. The van der Waals surface area contributed by atoms with Crippen molar-refractivity contribution in [2.45, 2.75) is 6.92 Å². The molecule has 0 bridgehead atoms. The maximum Gasteiger partial charge on any atom is 0.292 e. The number of benzene rings is 1. The van der Waals surface area contributed by atoms with Gasteiger partial charge in [0.15, 0.2) is 0 Å². The number of nitrogens with zero attached hydrogens (tertiary/aromatic N) is 1. The molecule has 1 aromatic carbocycles. The lowest BCUT2D eigenvalue weighted by Gasteiger charge is -2.08. The lowest BCUT2D eigenvalue weighted by molar-refractivity contribution is -0.384. The highest BCUT2D eigenvalue weighted by atomic mass is 16.6. The van der Waals surface area contributed by atoms with E-state index in [2.05, 4.69) is 10.6 Å². The summed E-state index contributed by atoms with van der Waals surface area (Å²) in [6.45, 7) is 2.43. The van der Waals surface area contributed by atoms with Gasteiger partial charge in [0.2, 0.25) is 0 Å². The van der Waals surface area contributed by atoms with E-state index in [0.29, 0.717) is 30.1 Å². The first-order valence-electron chi connectivity index (χ1n) is 6.39. The lowest BCUT2D eigenvalue weighted by Crippen LogP contribution is -2.29. The number of hydrogen-bond donors (Lipinski definition) is 2. The highest BCUT2D eigenvalue weighted by Gasteiger charge is 2.12. The van der Waals surface area contributed by atoms with Gasteiger partial charge in [-0.15, -0.1) is 0 Å². The largest absolute Gasteiger partial charge is 0.469 e. The second kappa shape index (κ2) is 6.56. The zero-order chi connectivity index (χ0) is 15.2. The number of furan rings is 1. The fourth-order valence-corrected chi connectivity index (χ4v) is 1.87. The van der Waals surface area contributed by atoms with Crippen molar-refractivity contribution in [1.29, 1.82) is 0 Å². The fourth-order valence-electron chi connectivity index (χ4n) is 1.87. The maximum absolute atomic E-state index is 11.8. The van der Waals surface area contributed by atoms with E-state index in [1.807, 2.05) is 0 Å². The zero-order valence-corrected chi connectivity index (χ0v) is 11.5. The molecule has 0 spiro atoms. The highest BCUT2D eigenvalue weighted by molar-refractivity contribution is 5.95. The Morgan fingerprint density at radius 1 is 1.29 bits per heavy atom. The van der Waals surface area contributed by atoms with Crippen LogP contribution in [0.2, 0.25) is 0 Å². The van der Waals surface area contributed by atoms with Gasteiger partial charge in [0.05, 0.1) is 16.7 Å². The van der Waals surface area contributed by atoms with Crippen LogP contribution in [0.25, 0.3) is 0 Å². The van der Waals surface area contributed by atoms with Crippen LogP contribution in [-0.2, 0) is 0 Å². The Morgan fingerprint density at radius 3 is 2.71 bits per heavy atom. The summed E-state index contributed by atoms with van der Waals surface area (Å²) in [5, 5.41) is 16.5. The van der Waals surface area contributed by atoms with Crippen molar-refractivity contribution in [3.05, 3.63) is 58.0 Å². The third-order valence-corrected chi connectivity index (χ3v) is 2.93. The van der Waals surface area contributed by atoms with Gasteiger partial charge in [-0.05, 0) is 19.1 Å². The van der Waals surface area contributed by atoms with E-state index in [1.54, 1.807) is 31.2 Å². The third kappa shape index (κ3) is 3.59. The number of hydrogen-bond acceptors (Lipinski definition) is 5. The molecule has 1 heterocycles. The van der Waals surface area contributed by atoms with Crippen LogP contribution in [0, 0.1) is 17.0 Å². The molecule has 0 saturated carbocycles. The first-order valence-corrected chi connectivity index (χ1v) is 6.39. The Hall–Kier alpha value is -2.83. The highest BCUT2D eigenvalue weighted by Crippen LogP contribution is 2.22. The van der Waals surface area contributed by atoms with E-state index >= 15 is 0 Å². The molecule has 1 amide bonds. The number of para-hydroxylation sites is 2. The summed E-state index contributed by atoms with van der Waals surface area (Å²) in [6.07, 6.45) is 1.45. The molecule has 0 fully saturated rings. The average molecular weight is 289 g/mol. The van der Waals surface area contributed by atoms with Crippen molar-refractivity contribution in [2.75, 3.05) is 18.4 Å². The number of amides is 1. The van der Waals surface area contributed by atoms with Crippen molar-refractivity contribution >= 4 is 17.3 Å². The van der Waals surface area contributed by atoms with E-state index in [9.17, 15) is 14.9 Å². The van der Waals surface area contributed by atoms with E-state index in [0.717, 1.165) is 0 Å². The fraction of sp³-hybridized carbons (Fsp3) is 0.214. The monoisotopic (exact) mass is 289 g/mol. The van der Waals surface area contributed by atoms with Crippen molar-refractivity contribution in [2.24, 2.45) is 0 Å². The van der Waals surface area contributed by atoms with Crippen molar-refractivity contribution in [3.63, 3.8) is 0 Å². The van der Waals surface area contributed by atoms with Gasteiger partial charge >= 0.3 is 0 Å². The number of carbonyl (C=O) groups excluding carboxylic acids is 1. The van der Waals surface area contributed by atoms with Crippen LogP contribution in [0.4, 0.5) is 11.4 Å². The molecule has 1 aromatic heterocycles. The van der Waals surface area contributed by atoms with Crippen LogP contribution in [0.5, 0.6) is 0 Å². The summed E-state index contributed by atoms with van der Waals surface area (Å²) < 4.78 is 5.05. The molecule has 7 heteroatoms. The molecule has 0 radical (unpaired) electrons. The summed E-state index contributed by atoms with van der Waals surface area (Å²) in [4.78, 5) is 22.2. The van der Waals surface area contributed by atoms with Crippen LogP contribution in [0.3, 0.4) is 0 Å². The van der Waals surface area contributed by atoms with Crippen LogP contribution >= 0.6 is 0 Å². The van der Waals surface area contributed by atoms with Gasteiger partial charge in [0.25, 0.3) is 11.6 Å². The molecule has 2 rings (SSSR count). The molecule has 110 valence electrons. The van der Waals surface area contributed by atoms with Gasteiger partial charge < -0.3 is 15.1 Å². The minimum Gasteiger partial charge on any atom is -0.469 e. The molecule has 21 heavy (non-hydrogen) atoms.